The van der Waals surface area contributed by atoms with Gasteiger partial charge in [-0.2, -0.15) is 0 Å². The molecule has 0 N–H and O–H groups in total. The SMILES string of the molecule is CCOC(CC)c1nc(CC(=O)OC)cs1. The molecule has 0 aliphatic rings. The van der Waals surface area contributed by atoms with Crippen LogP contribution in [0.2, 0.25) is 0 Å². The van der Waals surface area contributed by atoms with Crippen molar-refractivity contribution >= 4 is 17.3 Å². The maximum Gasteiger partial charge on any atom is 0.311 e. The molecule has 0 saturated carbocycles. The highest BCUT2D eigenvalue weighted by Crippen LogP contribution is 2.24. The maximum atomic E-state index is 11.1. The summed E-state index contributed by atoms with van der Waals surface area (Å²) in [5.41, 5.74) is 0.755. The van der Waals surface area contributed by atoms with Crippen LogP contribution in [0.5, 0.6) is 0 Å². The van der Waals surface area contributed by atoms with E-state index in [9.17, 15) is 4.79 Å². The van der Waals surface area contributed by atoms with Crippen LogP contribution in [0.15, 0.2) is 5.38 Å². The maximum absolute atomic E-state index is 11.1. The molecule has 0 fully saturated rings. The van der Waals surface area contributed by atoms with E-state index in [0.717, 1.165) is 17.1 Å². The zero-order valence-corrected chi connectivity index (χ0v) is 10.7. The largest absolute Gasteiger partial charge is 0.469 e. The molecule has 90 valence electrons. The van der Waals surface area contributed by atoms with Crippen molar-refractivity contribution in [1.82, 2.24) is 4.98 Å². The summed E-state index contributed by atoms with van der Waals surface area (Å²) in [7, 11) is 1.38. The average molecular weight is 243 g/mol. The van der Waals surface area contributed by atoms with Gasteiger partial charge in [-0.15, -0.1) is 11.3 Å². The van der Waals surface area contributed by atoms with E-state index in [4.69, 9.17) is 4.74 Å². The highest BCUT2D eigenvalue weighted by molar-refractivity contribution is 7.09. The lowest BCUT2D eigenvalue weighted by Gasteiger charge is -2.11. The summed E-state index contributed by atoms with van der Waals surface area (Å²) >= 11 is 1.53. The summed E-state index contributed by atoms with van der Waals surface area (Å²) in [6.07, 6.45) is 1.16. The number of hydrogen-bond acceptors (Lipinski definition) is 5. The first kappa shape index (κ1) is 13.1. The number of methoxy groups -OCH3 is 1. The first-order chi connectivity index (χ1) is 7.71. The molecule has 1 atom stereocenters. The molecule has 1 aromatic heterocycles. The minimum atomic E-state index is -0.263. The third-order valence-electron chi connectivity index (χ3n) is 2.14. The van der Waals surface area contributed by atoms with Crippen LogP contribution >= 0.6 is 11.3 Å². The number of rotatable bonds is 6. The smallest absolute Gasteiger partial charge is 0.311 e. The molecule has 0 aromatic carbocycles. The van der Waals surface area contributed by atoms with Gasteiger partial charge in [0.15, 0.2) is 0 Å². The van der Waals surface area contributed by atoms with Crippen molar-refractivity contribution in [2.75, 3.05) is 13.7 Å². The number of carbonyl (C=O) groups is 1. The van der Waals surface area contributed by atoms with Gasteiger partial charge in [0.1, 0.15) is 11.1 Å². The minimum absolute atomic E-state index is 0.0430. The predicted octanol–water partition coefficient (Wildman–Crippen LogP) is 2.35. The van der Waals surface area contributed by atoms with Gasteiger partial charge in [0.25, 0.3) is 0 Å². The topological polar surface area (TPSA) is 48.4 Å². The highest BCUT2D eigenvalue weighted by Gasteiger charge is 2.15. The Morgan fingerprint density at radius 1 is 1.56 bits per heavy atom. The lowest BCUT2D eigenvalue weighted by Crippen LogP contribution is -2.06. The van der Waals surface area contributed by atoms with E-state index in [0.29, 0.717) is 6.61 Å². The van der Waals surface area contributed by atoms with Crippen LogP contribution in [0.3, 0.4) is 0 Å². The van der Waals surface area contributed by atoms with Crippen LogP contribution in [0.4, 0.5) is 0 Å². The van der Waals surface area contributed by atoms with Gasteiger partial charge in [-0.3, -0.25) is 4.79 Å². The Morgan fingerprint density at radius 3 is 2.88 bits per heavy atom. The first-order valence-corrected chi connectivity index (χ1v) is 6.21. The Morgan fingerprint density at radius 2 is 2.31 bits per heavy atom. The molecule has 1 heterocycles. The minimum Gasteiger partial charge on any atom is -0.469 e. The van der Waals surface area contributed by atoms with Crippen LogP contribution in [-0.2, 0) is 20.7 Å². The second-order valence-electron chi connectivity index (χ2n) is 3.28. The van der Waals surface area contributed by atoms with Gasteiger partial charge in [0.05, 0.1) is 19.2 Å². The summed E-state index contributed by atoms with van der Waals surface area (Å²) in [5, 5.41) is 2.82. The molecule has 5 heteroatoms. The fraction of sp³-hybridized carbons (Fsp3) is 0.636. The third-order valence-corrected chi connectivity index (χ3v) is 3.12. The molecule has 4 nitrogen and oxygen atoms in total. The molecule has 0 aliphatic heterocycles. The van der Waals surface area contributed by atoms with Gasteiger partial charge in [-0.25, -0.2) is 4.98 Å². The fourth-order valence-corrected chi connectivity index (χ4v) is 2.29. The van der Waals surface area contributed by atoms with E-state index in [2.05, 4.69) is 16.6 Å². The molecule has 0 radical (unpaired) electrons. The first-order valence-electron chi connectivity index (χ1n) is 5.33. The lowest BCUT2D eigenvalue weighted by atomic mass is 10.3. The van der Waals surface area contributed by atoms with E-state index in [1.165, 1.54) is 18.4 Å². The van der Waals surface area contributed by atoms with Crippen LogP contribution in [-0.4, -0.2) is 24.7 Å². The van der Waals surface area contributed by atoms with Crippen LogP contribution < -0.4 is 0 Å². The van der Waals surface area contributed by atoms with E-state index >= 15 is 0 Å². The fourth-order valence-electron chi connectivity index (χ4n) is 1.34. The molecular formula is C11H17NO3S. The zero-order chi connectivity index (χ0) is 12.0. The van der Waals surface area contributed by atoms with Crippen molar-refractivity contribution in [3.05, 3.63) is 16.1 Å². The van der Waals surface area contributed by atoms with Crippen LogP contribution in [0.1, 0.15) is 37.1 Å². The molecule has 0 spiro atoms. The lowest BCUT2D eigenvalue weighted by molar-refractivity contribution is -0.139. The number of hydrogen-bond donors (Lipinski definition) is 0. The van der Waals surface area contributed by atoms with Gasteiger partial charge in [-0.05, 0) is 13.3 Å². The third kappa shape index (κ3) is 3.57. The van der Waals surface area contributed by atoms with Gasteiger partial charge >= 0.3 is 5.97 Å². The Hall–Kier alpha value is -0.940. The van der Waals surface area contributed by atoms with E-state index in [1.54, 1.807) is 0 Å². The number of ether oxygens (including phenoxy) is 2. The Balaban J connectivity index is 2.65. The molecule has 0 bridgehead atoms. The zero-order valence-electron chi connectivity index (χ0n) is 9.86. The molecule has 1 rings (SSSR count). The Bertz CT molecular complexity index is 338. The van der Waals surface area contributed by atoms with E-state index in [-0.39, 0.29) is 18.5 Å². The standard InChI is InChI=1S/C11H17NO3S/c1-4-9(15-5-2)11-12-8(7-16-11)6-10(13)14-3/h7,9H,4-6H2,1-3H3. The summed E-state index contributed by atoms with van der Waals surface area (Å²) in [6.45, 7) is 4.69. The summed E-state index contributed by atoms with van der Waals surface area (Å²) in [5.74, 6) is -0.263. The quantitative estimate of drug-likeness (QED) is 0.720. The predicted molar refractivity (Wildman–Crippen MR) is 62.5 cm³/mol. The number of carbonyl (C=O) groups excluding carboxylic acids is 1. The second kappa shape index (κ2) is 6.60. The molecule has 16 heavy (non-hydrogen) atoms. The van der Waals surface area contributed by atoms with Gasteiger partial charge < -0.3 is 9.47 Å². The number of esters is 1. The molecule has 0 amide bonds. The van der Waals surface area contributed by atoms with Gasteiger partial charge in [0, 0.05) is 12.0 Å². The number of aromatic nitrogens is 1. The number of thiazole rings is 1. The molecule has 1 unspecified atom stereocenters. The van der Waals surface area contributed by atoms with Gasteiger partial charge in [-0.1, -0.05) is 6.92 Å². The van der Waals surface area contributed by atoms with Crippen molar-refractivity contribution in [2.45, 2.75) is 32.8 Å². The van der Waals surface area contributed by atoms with Gasteiger partial charge in [0.2, 0.25) is 0 Å². The van der Waals surface area contributed by atoms with E-state index < -0.39 is 0 Å². The van der Waals surface area contributed by atoms with Crippen molar-refractivity contribution in [2.24, 2.45) is 0 Å². The highest BCUT2D eigenvalue weighted by atomic mass is 32.1. The molecule has 0 aliphatic carbocycles. The molecule has 0 saturated heterocycles. The normalized spacial score (nSPS) is 12.4. The molecule has 1 aromatic rings. The molecular weight excluding hydrogens is 226 g/mol. The summed E-state index contributed by atoms with van der Waals surface area (Å²) in [4.78, 5) is 15.4. The Labute approximate surface area is 99.6 Å². The number of nitrogens with zero attached hydrogens (tertiary/aromatic N) is 1. The van der Waals surface area contributed by atoms with Crippen LogP contribution in [0, 0.1) is 0 Å². The Kier molecular flexibility index (Phi) is 5.42. The average Bonchev–Trinajstić information content (AvgIpc) is 2.74. The van der Waals surface area contributed by atoms with Crippen molar-refractivity contribution in [1.29, 1.82) is 0 Å². The van der Waals surface area contributed by atoms with Crippen molar-refractivity contribution < 1.29 is 14.3 Å². The van der Waals surface area contributed by atoms with Crippen molar-refractivity contribution in [3.8, 4) is 0 Å². The summed E-state index contributed by atoms with van der Waals surface area (Å²) in [6, 6.07) is 0. The van der Waals surface area contributed by atoms with Crippen LogP contribution in [0.25, 0.3) is 0 Å². The second-order valence-corrected chi connectivity index (χ2v) is 4.17. The van der Waals surface area contributed by atoms with Crippen molar-refractivity contribution in [3.63, 3.8) is 0 Å². The van der Waals surface area contributed by atoms with E-state index in [1.807, 2.05) is 12.3 Å². The monoisotopic (exact) mass is 243 g/mol. The summed E-state index contributed by atoms with van der Waals surface area (Å²) < 4.78 is 10.1.